The molecule has 2 aliphatic rings. The van der Waals surface area contributed by atoms with Crippen LogP contribution in [0, 0.1) is 0 Å². The van der Waals surface area contributed by atoms with Crippen molar-refractivity contribution in [3.05, 3.63) is 17.7 Å². The summed E-state index contributed by atoms with van der Waals surface area (Å²) in [6.07, 6.45) is 0. The predicted molar refractivity (Wildman–Crippen MR) is 135 cm³/mol. The molecule has 0 saturated carbocycles. The summed E-state index contributed by atoms with van der Waals surface area (Å²) in [5.41, 5.74) is 1.25. The van der Waals surface area contributed by atoms with Gasteiger partial charge in [-0.2, -0.15) is 0 Å². The van der Waals surface area contributed by atoms with Crippen molar-refractivity contribution in [2.75, 3.05) is 98.0 Å². The molecule has 2 amide bonds. The van der Waals surface area contributed by atoms with Crippen LogP contribution in [0.15, 0.2) is 12.1 Å². The number of piperazine rings is 1. The number of ether oxygens (including phenoxy) is 4. The van der Waals surface area contributed by atoms with Crippen LogP contribution in [-0.4, -0.2) is 119 Å². The number of carbonyl (C=O) groups excluding carboxylic acids is 1. The summed E-state index contributed by atoms with van der Waals surface area (Å²) in [6.45, 7) is 14.5. The minimum atomic E-state index is -0.248. The number of β-amino-alcohol motifs (C(OH)–C–C–N with tert-alkyl or cyclic N) is 1. The molecule has 10 heteroatoms. The maximum atomic E-state index is 13.2. The number of aliphatic hydroxyl groups is 1. The third-order valence-corrected chi connectivity index (χ3v) is 6.29. The zero-order valence-electron chi connectivity index (χ0n) is 21.7. The number of rotatable bonds is 10. The van der Waals surface area contributed by atoms with E-state index >= 15 is 0 Å². The molecule has 0 unspecified atom stereocenters. The van der Waals surface area contributed by atoms with E-state index in [9.17, 15) is 4.79 Å². The molecule has 35 heavy (non-hydrogen) atoms. The molecule has 198 valence electrons. The third kappa shape index (κ3) is 8.22. The van der Waals surface area contributed by atoms with E-state index in [2.05, 4.69) is 35.9 Å². The quantitative estimate of drug-likeness (QED) is 0.476. The lowest BCUT2D eigenvalue weighted by molar-refractivity contribution is 0.0322. The maximum Gasteiger partial charge on any atom is 0.322 e. The van der Waals surface area contributed by atoms with E-state index in [1.165, 1.54) is 0 Å². The fourth-order valence-corrected chi connectivity index (χ4v) is 4.24. The Bertz CT molecular complexity index is 802. The molecule has 2 aliphatic heterocycles. The number of methoxy groups -OCH3 is 1. The van der Waals surface area contributed by atoms with Gasteiger partial charge in [-0.25, -0.2) is 4.79 Å². The molecule has 2 N–H and O–H groups in total. The van der Waals surface area contributed by atoms with E-state index in [1.807, 2.05) is 12.1 Å². The van der Waals surface area contributed by atoms with E-state index < -0.39 is 0 Å². The summed E-state index contributed by atoms with van der Waals surface area (Å²) in [4.78, 5) is 19.4. The van der Waals surface area contributed by atoms with E-state index in [-0.39, 0.29) is 24.8 Å². The van der Waals surface area contributed by atoms with E-state index in [1.54, 1.807) is 12.0 Å². The molecule has 0 bridgehead atoms. The number of carbonyl (C=O) groups is 1. The summed E-state index contributed by atoms with van der Waals surface area (Å²) in [5.74, 6) is 1.28. The van der Waals surface area contributed by atoms with Gasteiger partial charge in [0.1, 0.15) is 18.1 Å². The van der Waals surface area contributed by atoms with Gasteiger partial charge in [-0.05, 0) is 11.5 Å². The van der Waals surface area contributed by atoms with Gasteiger partial charge in [0.05, 0.1) is 25.5 Å². The van der Waals surface area contributed by atoms with Crippen LogP contribution in [0.5, 0.6) is 11.5 Å². The van der Waals surface area contributed by atoms with Crippen molar-refractivity contribution in [3.63, 3.8) is 0 Å². The van der Waals surface area contributed by atoms with Crippen LogP contribution in [0.2, 0.25) is 0 Å². The van der Waals surface area contributed by atoms with Crippen LogP contribution >= 0.6 is 0 Å². The molecule has 0 aromatic heterocycles. The standard InChI is InChI=1S/C25H42N4O6/c1-25(2,3)21-17-20(34-16-12-28-10-14-33-15-11-28)18-22(23(21)35-19-32-4)26-24(31)29-7-5-27(6-8-29)9-13-30/h17-18,30H,5-16,19H2,1-4H3,(H,26,31). The first-order valence-corrected chi connectivity index (χ1v) is 12.4. The lowest BCUT2D eigenvalue weighted by Gasteiger charge is -2.34. The van der Waals surface area contributed by atoms with Crippen molar-refractivity contribution >= 4 is 11.7 Å². The van der Waals surface area contributed by atoms with Gasteiger partial charge in [0.25, 0.3) is 0 Å². The molecule has 2 heterocycles. The van der Waals surface area contributed by atoms with E-state index in [4.69, 9.17) is 24.1 Å². The number of aliphatic hydroxyl groups excluding tert-OH is 1. The molecule has 1 aromatic rings. The van der Waals surface area contributed by atoms with Crippen molar-refractivity contribution in [1.82, 2.24) is 14.7 Å². The number of nitrogens with zero attached hydrogens (tertiary/aromatic N) is 3. The summed E-state index contributed by atoms with van der Waals surface area (Å²) in [5, 5.41) is 12.2. The normalized spacial score (nSPS) is 17.9. The first-order chi connectivity index (χ1) is 16.8. The van der Waals surface area contributed by atoms with Crippen molar-refractivity contribution in [2.24, 2.45) is 0 Å². The van der Waals surface area contributed by atoms with Crippen LogP contribution < -0.4 is 14.8 Å². The van der Waals surface area contributed by atoms with Crippen LogP contribution in [-0.2, 0) is 14.9 Å². The topological polar surface area (TPSA) is 96.0 Å². The fraction of sp³-hybridized carbons (Fsp3) is 0.720. The Labute approximate surface area is 209 Å². The highest BCUT2D eigenvalue weighted by atomic mass is 16.7. The van der Waals surface area contributed by atoms with Gasteiger partial charge >= 0.3 is 6.03 Å². The van der Waals surface area contributed by atoms with Crippen LogP contribution in [0.25, 0.3) is 0 Å². The SMILES string of the molecule is COCOc1c(NC(=O)N2CCN(CCO)CC2)cc(OCCN2CCOCC2)cc1C(C)(C)C. The second-order valence-electron chi connectivity index (χ2n) is 9.93. The highest BCUT2D eigenvalue weighted by Crippen LogP contribution is 2.41. The predicted octanol–water partition coefficient (Wildman–Crippen LogP) is 1.82. The zero-order valence-corrected chi connectivity index (χ0v) is 21.7. The van der Waals surface area contributed by atoms with Gasteiger partial charge in [0.2, 0.25) is 0 Å². The molecule has 1 aromatic carbocycles. The van der Waals surface area contributed by atoms with Gasteiger partial charge in [-0.1, -0.05) is 20.8 Å². The molecular formula is C25H42N4O6. The van der Waals surface area contributed by atoms with Gasteiger partial charge < -0.3 is 34.3 Å². The average Bonchev–Trinajstić information content (AvgIpc) is 2.84. The Balaban J connectivity index is 1.76. The Kier molecular flexibility index (Phi) is 10.4. The molecule has 0 spiro atoms. The van der Waals surface area contributed by atoms with Crippen molar-refractivity contribution in [2.45, 2.75) is 26.2 Å². The summed E-state index contributed by atoms with van der Waals surface area (Å²) in [6, 6.07) is 3.65. The Morgan fingerprint density at radius 1 is 1.03 bits per heavy atom. The van der Waals surface area contributed by atoms with Gasteiger partial charge in [0, 0.05) is 71.1 Å². The number of hydrogen-bond acceptors (Lipinski definition) is 8. The number of urea groups is 1. The highest BCUT2D eigenvalue weighted by Gasteiger charge is 2.27. The minimum absolute atomic E-state index is 0.0724. The smallest absolute Gasteiger partial charge is 0.322 e. The van der Waals surface area contributed by atoms with E-state index in [0.717, 1.165) is 51.5 Å². The number of anilines is 1. The number of amides is 2. The number of hydrogen-bond donors (Lipinski definition) is 2. The third-order valence-electron chi connectivity index (χ3n) is 6.29. The van der Waals surface area contributed by atoms with Gasteiger partial charge in [-0.3, -0.25) is 9.80 Å². The van der Waals surface area contributed by atoms with Crippen LogP contribution in [0.1, 0.15) is 26.3 Å². The fourth-order valence-electron chi connectivity index (χ4n) is 4.24. The van der Waals surface area contributed by atoms with Gasteiger partial charge in [-0.15, -0.1) is 0 Å². The van der Waals surface area contributed by atoms with Gasteiger partial charge in [0.15, 0.2) is 6.79 Å². The second-order valence-corrected chi connectivity index (χ2v) is 9.93. The molecule has 10 nitrogen and oxygen atoms in total. The monoisotopic (exact) mass is 494 g/mol. The Morgan fingerprint density at radius 3 is 2.34 bits per heavy atom. The molecule has 3 rings (SSSR count). The van der Waals surface area contributed by atoms with Crippen LogP contribution in [0.3, 0.4) is 0 Å². The van der Waals surface area contributed by atoms with Crippen molar-refractivity contribution in [3.8, 4) is 11.5 Å². The Hall–Kier alpha value is -2.11. The van der Waals surface area contributed by atoms with Crippen molar-refractivity contribution < 1.29 is 28.8 Å². The summed E-state index contributed by atoms with van der Waals surface area (Å²) in [7, 11) is 1.57. The molecule has 2 saturated heterocycles. The van der Waals surface area contributed by atoms with Crippen molar-refractivity contribution in [1.29, 1.82) is 0 Å². The number of benzene rings is 1. The molecule has 0 aliphatic carbocycles. The Morgan fingerprint density at radius 2 is 1.71 bits per heavy atom. The largest absolute Gasteiger partial charge is 0.492 e. The summed E-state index contributed by atoms with van der Waals surface area (Å²) >= 11 is 0. The molecule has 0 radical (unpaired) electrons. The number of morpholine rings is 1. The molecule has 0 atom stereocenters. The first-order valence-electron chi connectivity index (χ1n) is 12.4. The second kappa shape index (κ2) is 13.3. The molecule has 2 fully saturated rings. The zero-order chi connectivity index (χ0) is 25.3. The lowest BCUT2D eigenvalue weighted by atomic mass is 9.85. The average molecular weight is 495 g/mol. The highest BCUT2D eigenvalue weighted by molar-refractivity contribution is 5.92. The first kappa shape index (κ1) is 27.5. The van der Waals surface area contributed by atoms with Crippen LogP contribution in [0.4, 0.5) is 10.5 Å². The summed E-state index contributed by atoms with van der Waals surface area (Å²) < 4.78 is 22.7. The number of nitrogens with one attached hydrogen (secondary N) is 1. The lowest BCUT2D eigenvalue weighted by Crippen LogP contribution is -2.50. The minimum Gasteiger partial charge on any atom is -0.492 e. The molecular weight excluding hydrogens is 452 g/mol. The maximum absolute atomic E-state index is 13.2. The van der Waals surface area contributed by atoms with E-state index in [0.29, 0.717) is 43.4 Å².